The lowest BCUT2D eigenvalue weighted by atomic mass is 9.88. The van der Waals surface area contributed by atoms with Crippen molar-refractivity contribution in [3.63, 3.8) is 0 Å². The van der Waals surface area contributed by atoms with Crippen LogP contribution in [-0.2, 0) is 6.42 Å². The molecule has 2 heterocycles. The Balaban J connectivity index is 1.82. The van der Waals surface area contributed by atoms with Crippen molar-refractivity contribution in [3.8, 4) is 11.1 Å². The molecule has 0 aliphatic carbocycles. The van der Waals surface area contributed by atoms with Crippen molar-refractivity contribution >= 4 is 11.9 Å². The summed E-state index contributed by atoms with van der Waals surface area (Å²) < 4.78 is 27.5. The maximum atomic E-state index is 14.0. The highest BCUT2D eigenvalue weighted by Gasteiger charge is 2.29. The van der Waals surface area contributed by atoms with Gasteiger partial charge in [0.25, 0.3) is 5.91 Å². The van der Waals surface area contributed by atoms with Gasteiger partial charge in [-0.05, 0) is 53.4 Å². The van der Waals surface area contributed by atoms with Crippen LogP contribution in [0.25, 0.3) is 11.1 Å². The molecule has 27 heavy (non-hydrogen) atoms. The molecule has 0 fully saturated rings. The number of nitrogen functional groups attached to an aromatic ring is 1. The van der Waals surface area contributed by atoms with Gasteiger partial charge in [-0.3, -0.25) is 4.79 Å². The molecule has 0 bridgehead atoms. The molecule has 5 nitrogen and oxygen atoms in total. The minimum atomic E-state index is -0.417. The Bertz CT molecular complexity index is 1070. The number of hydrogen-bond acceptors (Lipinski definition) is 4. The van der Waals surface area contributed by atoms with Crippen LogP contribution in [0.2, 0.25) is 0 Å². The van der Waals surface area contributed by atoms with E-state index in [-0.39, 0.29) is 17.7 Å². The molecule has 7 heteroatoms. The first kappa shape index (κ1) is 17.1. The van der Waals surface area contributed by atoms with Gasteiger partial charge in [-0.1, -0.05) is 12.1 Å². The van der Waals surface area contributed by atoms with Crippen LogP contribution < -0.4 is 11.1 Å². The van der Waals surface area contributed by atoms with Crippen LogP contribution in [0.1, 0.15) is 33.2 Å². The molecule has 0 spiro atoms. The number of nitrogens with two attached hydrogens (primary N) is 1. The van der Waals surface area contributed by atoms with Crippen molar-refractivity contribution in [2.75, 3.05) is 5.73 Å². The summed E-state index contributed by atoms with van der Waals surface area (Å²) in [6.07, 6.45) is 1.80. The van der Waals surface area contributed by atoms with Crippen LogP contribution in [0.5, 0.6) is 0 Å². The van der Waals surface area contributed by atoms with E-state index in [0.717, 1.165) is 5.56 Å². The van der Waals surface area contributed by atoms with Crippen LogP contribution in [0, 0.1) is 18.6 Å². The molecule has 0 unspecified atom stereocenters. The molecule has 1 atom stereocenters. The van der Waals surface area contributed by atoms with Gasteiger partial charge in [0.2, 0.25) is 5.95 Å². The lowest BCUT2D eigenvalue weighted by Crippen LogP contribution is -2.36. The molecule has 1 aliphatic rings. The number of nitrogens with one attached hydrogen (secondary N) is 1. The van der Waals surface area contributed by atoms with E-state index in [1.54, 1.807) is 19.1 Å². The molecule has 3 N–H and O–H groups in total. The van der Waals surface area contributed by atoms with Crippen LogP contribution in [0.15, 0.2) is 42.6 Å². The number of nitrogens with zero attached hydrogens (tertiary/aromatic N) is 2. The first-order chi connectivity index (χ1) is 12.9. The Hall–Kier alpha value is -3.35. The SMILES string of the molecule is Cc1cc(F)ccc1-c1cc(F)ccc1[C@H]1Cc2nc(N)ncc2C(=O)N1. The van der Waals surface area contributed by atoms with E-state index in [1.807, 2.05) is 0 Å². The van der Waals surface area contributed by atoms with E-state index in [2.05, 4.69) is 15.3 Å². The van der Waals surface area contributed by atoms with Gasteiger partial charge in [0.15, 0.2) is 0 Å². The van der Waals surface area contributed by atoms with Crippen molar-refractivity contribution in [3.05, 3.63) is 76.6 Å². The quantitative estimate of drug-likeness (QED) is 0.729. The van der Waals surface area contributed by atoms with Crippen LogP contribution >= 0.6 is 0 Å². The predicted octanol–water partition coefficient (Wildman–Crippen LogP) is 3.34. The number of amides is 1. The summed E-state index contributed by atoms with van der Waals surface area (Å²) in [6, 6.07) is 8.29. The highest BCUT2D eigenvalue weighted by Crippen LogP contribution is 2.35. The van der Waals surface area contributed by atoms with Gasteiger partial charge < -0.3 is 11.1 Å². The third-order valence-electron chi connectivity index (χ3n) is 4.70. The second-order valence-electron chi connectivity index (χ2n) is 6.51. The molecular weight excluding hydrogens is 350 g/mol. The van der Waals surface area contributed by atoms with Crippen LogP contribution in [-0.4, -0.2) is 15.9 Å². The fourth-order valence-corrected chi connectivity index (χ4v) is 3.44. The topological polar surface area (TPSA) is 80.9 Å². The van der Waals surface area contributed by atoms with E-state index in [9.17, 15) is 13.6 Å². The number of carbonyl (C=O) groups excluding carboxylic acids is 1. The summed E-state index contributed by atoms with van der Waals surface area (Å²) in [5, 5.41) is 2.91. The normalized spacial score (nSPS) is 16.0. The zero-order valence-electron chi connectivity index (χ0n) is 14.5. The molecule has 0 saturated carbocycles. The molecule has 2 aromatic carbocycles. The number of anilines is 1. The van der Waals surface area contributed by atoms with Gasteiger partial charge >= 0.3 is 0 Å². The zero-order valence-corrected chi connectivity index (χ0v) is 14.5. The number of benzene rings is 2. The van der Waals surface area contributed by atoms with Crippen LogP contribution in [0.4, 0.5) is 14.7 Å². The van der Waals surface area contributed by atoms with Crippen molar-refractivity contribution in [2.45, 2.75) is 19.4 Å². The number of aromatic nitrogens is 2. The van der Waals surface area contributed by atoms with Gasteiger partial charge in [-0.15, -0.1) is 0 Å². The second-order valence-corrected chi connectivity index (χ2v) is 6.51. The molecule has 4 rings (SSSR count). The first-order valence-corrected chi connectivity index (χ1v) is 8.40. The van der Waals surface area contributed by atoms with E-state index >= 15 is 0 Å². The summed E-state index contributed by atoms with van der Waals surface area (Å²) in [6.45, 7) is 1.76. The first-order valence-electron chi connectivity index (χ1n) is 8.40. The Morgan fingerprint density at radius 2 is 1.81 bits per heavy atom. The van der Waals surface area contributed by atoms with Gasteiger partial charge in [0.05, 0.1) is 17.3 Å². The fraction of sp³-hybridized carbons (Fsp3) is 0.150. The van der Waals surface area contributed by atoms with Crippen molar-refractivity contribution in [1.29, 1.82) is 0 Å². The van der Waals surface area contributed by atoms with Crippen molar-refractivity contribution in [2.24, 2.45) is 0 Å². The minimum Gasteiger partial charge on any atom is -0.368 e. The molecule has 136 valence electrons. The second kappa shape index (κ2) is 6.42. The number of fused-ring (bicyclic) bond motifs is 1. The lowest BCUT2D eigenvalue weighted by Gasteiger charge is -2.27. The number of hydrogen-bond donors (Lipinski definition) is 2. The summed E-state index contributed by atoms with van der Waals surface area (Å²) in [4.78, 5) is 20.5. The van der Waals surface area contributed by atoms with Gasteiger partial charge in [0, 0.05) is 12.6 Å². The molecule has 1 aliphatic heterocycles. The minimum absolute atomic E-state index is 0.0934. The summed E-state index contributed by atoms with van der Waals surface area (Å²) in [7, 11) is 0. The fourth-order valence-electron chi connectivity index (χ4n) is 3.44. The Labute approximate surface area is 154 Å². The van der Waals surface area contributed by atoms with E-state index in [1.165, 1.54) is 30.5 Å². The number of aryl methyl sites for hydroxylation is 1. The number of halogens is 2. The molecular formula is C20H16F2N4O. The number of rotatable bonds is 2. The summed E-state index contributed by atoms with van der Waals surface area (Å²) in [5.74, 6) is -0.990. The summed E-state index contributed by atoms with van der Waals surface area (Å²) in [5.41, 5.74) is 9.27. The van der Waals surface area contributed by atoms with Crippen molar-refractivity contribution in [1.82, 2.24) is 15.3 Å². The van der Waals surface area contributed by atoms with E-state index < -0.39 is 11.9 Å². The standard InChI is InChI=1S/C20H16F2N4O/c1-10-6-11(21)2-4-13(10)15-7-12(22)3-5-14(15)17-8-18-16(19(27)25-17)9-24-20(23)26-18/h2-7,9,17H,8H2,1H3,(H,25,27)(H2,23,24,26)/t17-/m1/s1. The smallest absolute Gasteiger partial charge is 0.255 e. The molecule has 1 aromatic heterocycles. The van der Waals surface area contributed by atoms with Crippen molar-refractivity contribution < 1.29 is 13.6 Å². The molecule has 1 amide bonds. The molecule has 3 aromatic rings. The van der Waals surface area contributed by atoms with Gasteiger partial charge in [-0.25, -0.2) is 18.7 Å². The average Bonchev–Trinajstić information content (AvgIpc) is 2.61. The molecule has 0 radical (unpaired) electrons. The molecule has 0 saturated heterocycles. The highest BCUT2D eigenvalue weighted by molar-refractivity contribution is 5.96. The predicted molar refractivity (Wildman–Crippen MR) is 96.9 cm³/mol. The van der Waals surface area contributed by atoms with Crippen LogP contribution in [0.3, 0.4) is 0 Å². The Morgan fingerprint density at radius 1 is 1.07 bits per heavy atom. The third-order valence-corrected chi connectivity index (χ3v) is 4.70. The summed E-state index contributed by atoms with van der Waals surface area (Å²) >= 11 is 0. The van der Waals surface area contributed by atoms with Gasteiger partial charge in [-0.2, -0.15) is 0 Å². The monoisotopic (exact) mass is 366 g/mol. The Morgan fingerprint density at radius 3 is 2.59 bits per heavy atom. The van der Waals surface area contributed by atoms with E-state index in [4.69, 9.17) is 5.73 Å². The maximum absolute atomic E-state index is 14.0. The van der Waals surface area contributed by atoms with E-state index in [0.29, 0.717) is 34.4 Å². The third kappa shape index (κ3) is 3.12. The largest absolute Gasteiger partial charge is 0.368 e. The van der Waals surface area contributed by atoms with Gasteiger partial charge in [0.1, 0.15) is 11.6 Å². The average molecular weight is 366 g/mol. The Kier molecular flexibility index (Phi) is 4.07. The lowest BCUT2D eigenvalue weighted by molar-refractivity contribution is 0.0923. The maximum Gasteiger partial charge on any atom is 0.255 e. The number of carbonyl (C=O) groups is 1. The highest BCUT2D eigenvalue weighted by atomic mass is 19.1. The zero-order chi connectivity index (χ0) is 19.1.